The minimum Gasteiger partial charge on any atom is -0.363 e. The molecule has 0 spiro atoms. The van der Waals surface area contributed by atoms with Crippen molar-refractivity contribution in [2.75, 3.05) is 37.0 Å². The molecule has 1 saturated heterocycles. The van der Waals surface area contributed by atoms with Crippen LogP contribution in [0.4, 0.5) is 24.9 Å². The Bertz CT molecular complexity index is 940. The number of para-hydroxylation sites is 2. The summed E-state index contributed by atoms with van der Waals surface area (Å²) in [4.78, 5) is 19.5. The number of nitrogens with one attached hydrogen (secondary N) is 1. The number of imidazole rings is 1. The van der Waals surface area contributed by atoms with Crippen LogP contribution in [0.25, 0.3) is 11.0 Å². The van der Waals surface area contributed by atoms with E-state index in [0.29, 0.717) is 13.1 Å². The second-order valence-corrected chi connectivity index (χ2v) is 7.20. The number of hydrogen-bond donors (Lipinski definition) is 1. The molecule has 1 fully saturated rings. The first-order valence-corrected chi connectivity index (χ1v) is 9.14. The zero-order valence-corrected chi connectivity index (χ0v) is 15.7. The lowest BCUT2D eigenvalue weighted by atomic mass is 9.96. The van der Waals surface area contributed by atoms with Crippen molar-refractivity contribution >= 4 is 22.8 Å². The van der Waals surface area contributed by atoms with Crippen LogP contribution in [-0.4, -0.2) is 47.1 Å². The molecule has 0 unspecified atom stereocenters. The number of rotatable bonds is 3. The van der Waals surface area contributed by atoms with Crippen molar-refractivity contribution in [1.29, 1.82) is 0 Å². The minimum absolute atomic E-state index is 0.126. The molecule has 2 aromatic heterocycles. The van der Waals surface area contributed by atoms with Gasteiger partial charge in [0.15, 0.2) is 5.69 Å². The van der Waals surface area contributed by atoms with E-state index in [-0.39, 0.29) is 17.7 Å². The van der Waals surface area contributed by atoms with Gasteiger partial charge in [-0.3, -0.25) is 0 Å². The third-order valence-electron chi connectivity index (χ3n) is 5.02. The van der Waals surface area contributed by atoms with Gasteiger partial charge >= 0.3 is 6.18 Å². The Morgan fingerprint density at radius 3 is 2.43 bits per heavy atom. The van der Waals surface area contributed by atoms with E-state index in [1.165, 1.54) is 0 Å². The molecule has 0 aliphatic carbocycles. The average molecular weight is 390 g/mol. The van der Waals surface area contributed by atoms with E-state index in [0.717, 1.165) is 35.8 Å². The van der Waals surface area contributed by atoms with Crippen LogP contribution in [0.3, 0.4) is 0 Å². The number of nitrogens with zero attached hydrogens (tertiary/aromatic N) is 5. The number of fused-ring (bicyclic) bond motifs is 1. The summed E-state index contributed by atoms with van der Waals surface area (Å²) in [6, 6.07) is 8.83. The highest BCUT2D eigenvalue weighted by Crippen LogP contribution is 2.33. The first-order valence-electron chi connectivity index (χ1n) is 9.14. The van der Waals surface area contributed by atoms with E-state index >= 15 is 0 Å². The zero-order chi connectivity index (χ0) is 19.9. The fourth-order valence-corrected chi connectivity index (χ4v) is 3.46. The van der Waals surface area contributed by atoms with Gasteiger partial charge in [-0.25, -0.2) is 9.97 Å². The molecule has 0 radical (unpaired) electrons. The molecule has 4 rings (SSSR count). The third kappa shape index (κ3) is 3.61. The Hall–Kier alpha value is -2.84. The Morgan fingerprint density at radius 1 is 1.07 bits per heavy atom. The molecule has 3 aromatic rings. The number of halogens is 3. The first-order chi connectivity index (χ1) is 13.3. The number of hydrogen-bond acceptors (Lipinski definition) is 5. The lowest BCUT2D eigenvalue weighted by molar-refractivity contribution is -0.141. The van der Waals surface area contributed by atoms with E-state index in [2.05, 4.69) is 19.9 Å². The summed E-state index contributed by atoms with van der Waals surface area (Å²) in [5.74, 6) is 1.54. The predicted octanol–water partition coefficient (Wildman–Crippen LogP) is 3.82. The molecule has 0 amide bonds. The molecular formula is C19H21F3N6. The van der Waals surface area contributed by atoms with E-state index in [9.17, 15) is 13.2 Å². The molecule has 28 heavy (non-hydrogen) atoms. The summed E-state index contributed by atoms with van der Waals surface area (Å²) in [6.45, 7) is 1.16. The van der Waals surface area contributed by atoms with Crippen LogP contribution in [0.15, 0.2) is 30.3 Å². The molecule has 0 bridgehead atoms. The smallest absolute Gasteiger partial charge is 0.363 e. The molecule has 9 heteroatoms. The molecule has 0 atom stereocenters. The van der Waals surface area contributed by atoms with Crippen molar-refractivity contribution in [1.82, 2.24) is 19.9 Å². The Balaban J connectivity index is 1.53. The van der Waals surface area contributed by atoms with Gasteiger partial charge in [-0.1, -0.05) is 12.1 Å². The van der Waals surface area contributed by atoms with Gasteiger partial charge in [0, 0.05) is 39.2 Å². The number of piperidine rings is 1. The molecule has 1 aliphatic heterocycles. The maximum absolute atomic E-state index is 13.2. The fourth-order valence-electron chi connectivity index (χ4n) is 3.46. The Kier molecular flexibility index (Phi) is 4.60. The lowest BCUT2D eigenvalue weighted by Gasteiger charge is -2.31. The normalized spacial score (nSPS) is 16.0. The summed E-state index contributed by atoms with van der Waals surface area (Å²) in [5, 5.41) is 0. The highest BCUT2D eigenvalue weighted by Gasteiger charge is 2.35. The maximum atomic E-state index is 13.2. The zero-order valence-electron chi connectivity index (χ0n) is 15.7. The summed E-state index contributed by atoms with van der Waals surface area (Å²) in [6.07, 6.45) is -2.96. The van der Waals surface area contributed by atoms with Crippen LogP contribution >= 0.6 is 0 Å². The predicted molar refractivity (Wildman–Crippen MR) is 102 cm³/mol. The topological polar surface area (TPSA) is 60.9 Å². The van der Waals surface area contributed by atoms with Crippen LogP contribution in [0, 0.1) is 0 Å². The van der Waals surface area contributed by atoms with Crippen LogP contribution in [0.5, 0.6) is 0 Å². The van der Waals surface area contributed by atoms with Crippen molar-refractivity contribution in [3.63, 3.8) is 0 Å². The molecule has 1 aromatic carbocycles. The number of H-pyrrole nitrogens is 1. The van der Waals surface area contributed by atoms with E-state index in [1.54, 1.807) is 19.0 Å². The van der Waals surface area contributed by atoms with Gasteiger partial charge < -0.3 is 14.8 Å². The van der Waals surface area contributed by atoms with Crippen molar-refractivity contribution in [2.45, 2.75) is 24.9 Å². The molecule has 3 heterocycles. The minimum atomic E-state index is -4.50. The monoisotopic (exact) mass is 390 g/mol. The van der Waals surface area contributed by atoms with E-state index in [1.807, 2.05) is 29.2 Å². The summed E-state index contributed by atoms with van der Waals surface area (Å²) in [5.41, 5.74) is 1.01. The molecule has 1 N–H and O–H groups in total. The quantitative estimate of drug-likeness (QED) is 0.737. The first kappa shape index (κ1) is 18.5. The number of anilines is 2. The third-order valence-corrected chi connectivity index (χ3v) is 5.02. The summed E-state index contributed by atoms with van der Waals surface area (Å²) in [7, 11) is 3.33. The van der Waals surface area contributed by atoms with Crippen LogP contribution < -0.4 is 9.80 Å². The van der Waals surface area contributed by atoms with Crippen molar-refractivity contribution < 1.29 is 13.2 Å². The van der Waals surface area contributed by atoms with Crippen molar-refractivity contribution in [3.05, 3.63) is 41.9 Å². The second kappa shape index (κ2) is 6.96. The second-order valence-electron chi connectivity index (χ2n) is 7.20. The highest BCUT2D eigenvalue weighted by molar-refractivity contribution is 5.74. The van der Waals surface area contributed by atoms with Crippen molar-refractivity contribution in [2.24, 2.45) is 0 Å². The van der Waals surface area contributed by atoms with E-state index in [4.69, 9.17) is 0 Å². The van der Waals surface area contributed by atoms with Crippen LogP contribution in [0.2, 0.25) is 0 Å². The number of alkyl halides is 3. The summed E-state index contributed by atoms with van der Waals surface area (Å²) >= 11 is 0. The molecule has 6 nitrogen and oxygen atoms in total. The van der Waals surface area contributed by atoms with Gasteiger partial charge in [0.25, 0.3) is 0 Å². The molecule has 1 aliphatic rings. The summed E-state index contributed by atoms with van der Waals surface area (Å²) < 4.78 is 39.7. The van der Waals surface area contributed by atoms with Gasteiger partial charge in [-0.15, -0.1) is 0 Å². The van der Waals surface area contributed by atoms with Gasteiger partial charge in [0.05, 0.1) is 11.0 Å². The fraction of sp³-hybridized carbons (Fsp3) is 0.421. The number of benzene rings is 1. The lowest BCUT2D eigenvalue weighted by Crippen LogP contribution is -2.35. The SMILES string of the molecule is CN(C)c1cc(C(F)(F)F)nc(N2CCC(c3nc4ccccc4[nH]3)CC2)n1. The molecular weight excluding hydrogens is 369 g/mol. The van der Waals surface area contributed by atoms with Gasteiger partial charge in [-0.05, 0) is 25.0 Å². The maximum Gasteiger partial charge on any atom is 0.433 e. The van der Waals surface area contributed by atoms with Crippen molar-refractivity contribution in [3.8, 4) is 0 Å². The standard InChI is InChI=1S/C19H21F3N6/c1-27(2)16-11-15(19(20,21)22)25-18(26-16)28-9-7-12(8-10-28)17-23-13-5-3-4-6-14(13)24-17/h3-6,11-12H,7-10H2,1-2H3,(H,23,24). The molecule has 148 valence electrons. The Labute approximate surface area is 160 Å². The van der Waals surface area contributed by atoms with Crippen LogP contribution in [-0.2, 0) is 6.18 Å². The number of aromatic nitrogens is 4. The van der Waals surface area contributed by atoms with E-state index < -0.39 is 11.9 Å². The highest BCUT2D eigenvalue weighted by atomic mass is 19.4. The van der Waals surface area contributed by atoms with Crippen LogP contribution in [0.1, 0.15) is 30.3 Å². The number of aromatic amines is 1. The largest absolute Gasteiger partial charge is 0.433 e. The van der Waals surface area contributed by atoms with Gasteiger partial charge in [0.1, 0.15) is 11.6 Å². The van der Waals surface area contributed by atoms with Gasteiger partial charge in [-0.2, -0.15) is 18.2 Å². The van der Waals surface area contributed by atoms with Gasteiger partial charge in [0.2, 0.25) is 5.95 Å². The Morgan fingerprint density at radius 2 is 1.79 bits per heavy atom. The average Bonchev–Trinajstić information content (AvgIpc) is 3.11. The molecule has 0 saturated carbocycles.